The van der Waals surface area contributed by atoms with E-state index in [1.54, 1.807) is 6.07 Å². The van der Waals surface area contributed by atoms with E-state index < -0.39 is 0 Å². The molecule has 0 saturated heterocycles. The maximum atomic E-state index is 12.7. The number of amides is 1. The summed E-state index contributed by atoms with van der Waals surface area (Å²) >= 11 is 4.96. The number of hydrogen-bond acceptors (Lipinski definition) is 3. The molecule has 1 aliphatic carbocycles. The van der Waals surface area contributed by atoms with Crippen LogP contribution in [0.15, 0.2) is 40.2 Å². The van der Waals surface area contributed by atoms with Gasteiger partial charge in [-0.1, -0.05) is 34.1 Å². The summed E-state index contributed by atoms with van der Waals surface area (Å²) < 4.78 is 1.04. The number of carbonyl (C=O) groups excluding carboxylic acids is 1. The molecule has 5 heteroatoms. The quantitative estimate of drug-likeness (QED) is 0.908. The molecular formula is C15H15BrN2OS. The first kappa shape index (κ1) is 13.6. The number of halogens is 1. The minimum Gasteiger partial charge on any atom is -0.397 e. The van der Waals surface area contributed by atoms with E-state index in [-0.39, 0.29) is 5.91 Å². The molecule has 0 spiro atoms. The van der Waals surface area contributed by atoms with Gasteiger partial charge in [0.1, 0.15) is 4.88 Å². The molecular weight excluding hydrogens is 336 g/mol. The van der Waals surface area contributed by atoms with E-state index in [9.17, 15) is 4.79 Å². The summed E-state index contributed by atoms with van der Waals surface area (Å²) in [6, 6.07) is 10.2. The van der Waals surface area contributed by atoms with Crippen molar-refractivity contribution in [2.24, 2.45) is 0 Å². The van der Waals surface area contributed by atoms with Crippen molar-refractivity contribution in [3.8, 4) is 0 Å². The molecule has 1 amide bonds. The van der Waals surface area contributed by atoms with Gasteiger partial charge >= 0.3 is 0 Å². The van der Waals surface area contributed by atoms with Crippen LogP contribution in [0.5, 0.6) is 0 Å². The van der Waals surface area contributed by atoms with Crippen molar-refractivity contribution in [3.63, 3.8) is 0 Å². The van der Waals surface area contributed by atoms with Gasteiger partial charge < -0.3 is 10.6 Å². The molecule has 0 unspecified atom stereocenters. The van der Waals surface area contributed by atoms with Crippen molar-refractivity contribution < 1.29 is 4.79 Å². The molecule has 1 aromatic carbocycles. The maximum absolute atomic E-state index is 12.7. The number of carbonyl (C=O) groups is 1. The van der Waals surface area contributed by atoms with Crippen LogP contribution in [0.4, 0.5) is 5.69 Å². The van der Waals surface area contributed by atoms with E-state index in [1.807, 2.05) is 34.5 Å². The Morgan fingerprint density at radius 2 is 2.10 bits per heavy atom. The molecule has 1 aliphatic rings. The van der Waals surface area contributed by atoms with E-state index in [1.165, 1.54) is 11.3 Å². The smallest absolute Gasteiger partial charge is 0.266 e. The van der Waals surface area contributed by atoms with Crippen LogP contribution in [-0.4, -0.2) is 16.8 Å². The first-order valence-corrected chi connectivity index (χ1v) is 8.21. The normalized spacial score (nSPS) is 14.2. The third-order valence-electron chi connectivity index (χ3n) is 3.44. The lowest BCUT2D eigenvalue weighted by molar-refractivity contribution is 0.0735. The third-order valence-corrected chi connectivity index (χ3v) is 5.13. The van der Waals surface area contributed by atoms with Crippen LogP contribution in [0.3, 0.4) is 0 Å². The topological polar surface area (TPSA) is 46.3 Å². The Morgan fingerprint density at radius 3 is 2.70 bits per heavy atom. The van der Waals surface area contributed by atoms with Crippen molar-refractivity contribution >= 4 is 38.9 Å². The lowest BCUT2D eigenvalue weighted by atomic mass is 10.2. The molecule has 3 nitrogen and oxygen atoms in total. The molecule has 20 heavy (non-hydrogen) atoms. The summed E-state index contributed by atoms with van der Waals surface area (Å²) in [7, 11) is 0. The zero-order valence-electron chi connectivity index (χ0n) is 10.9. The highest BCUT2D eigenvalue weighted by Crippen LogP contribution is 2.33. The van der Waals surface area contributed by atoms with Gasteiger partial charge in [-0.15, -0.1) is 11.3 Å². The highest BCUT2D eigenvalue weighted by molar-refractivity contribution is 9.10. The fourth-order valence-electron chi connectivity index (χ4n) is 2.19. The van der Waals surface area contributed by atoms with Gasteiger partial charge in [0.15, 0.2) is 0 Å². The fraction of sp³-hybridized carbons (Fsp3) is 0.267. The van der Waals surface area contributed by atoms with Crippen LogP contribution >= 0.6 is 27.3 Å². The summed E-state index contributed by atoms with van der Waals surface area (Å²) in [5, 5.41) is 1.87. The van der Waals surface area contributed by atoms with Crippen LogP contribution < -0.4 is 5.73 Å². The number of nitrogens with zero attached hydrogens (tertiary/aromatic N) is 1. The monoisotopic (exact) mass is 350 g/mol. The van der Waals surface area contributed by atoms with Crippen LogP contribution in [0.25, 0.3) is 0 Å². The largest absolute Gasteiger partial charge is 0.397 e. The molecule has 3 rings (SSSR count). The van der Waals surface area contributed by atoms with Gasteiger partial charge in [-0.2, -0.15) is 0 Å². The predicted molar refractivity (Wildman–Crippen MR) is 85.8 cm³/mol. The second kappa shape index (κ2) is 5.58. The Balaban J connectivity index is 1.85. The molecule has 2 N–H and O–H groups in total. The summed E-state index contributed by atoms with van der Waals surface area (Å²) in [5.74, 6) is 0.0516. The number of nitrogen functional groups attached to an aromatic ring is 1. The minimum absolute atomic E-state index is 0.0516. The van der Waals surface area contributed by atoms with Crippen molar-refractivity contribution in [1.29, 1.82) is 0 Å². The van der Waals surface area contributed by atoms with Crippen molar-refractivity contribution in [2.45, 2.75) is 25.4 Å². The molecule has 0 radical (unpaired) electrons. The van der Waals surface area contributed by atoms with E-state index in [0.717, 1.165) is 22.9 Å². The fourth-order valence-corrected chi connectivity index (χ4v) is 3.37. The Kier molecular flexibility index (Phi) is 3.81. The van der Waals surface area contributed by atoms with Crippen LogP contribution in [0, 0.1) is 0 Å². The SMILES string of the molecule is Nc1ccsc1C(=O)N(Cc1ccccc1Br)C1CC1. The standard InChI is InChI=1S/C15H15BrN2OS/c16-12-4-2-1-3-10(12)9-18(11-5-6-11)15(19)14-13(17)7-8-20-14/h1-4,7-8,11H,5-6,9,17H2. The molecule has 1 fully saturated rings. The third kappa shape index (κ3) is 2.74. The maximum Gasteiger partial charge on any atom is 0.266 e. The average molecular weight is 351 g/mol. The molecule has 1 saturated carbocycles. The van der Waals surface area contributed by atoms with Crippen molar-refractivity contribution in [2.75, 3.05) is 5.73 Å². The van der Waals surface area contributed by atoms with Gasteiger partial charge in [0.25, 0.3) is 5.91 Å². The highest BCUT2D eigenvalue weighted by Gasteiger charge is 2.34. The Labute approximate surface area is 130 Å². The Morgan fingerprint density at radius 1 is 1.35 bits per heavy atom. The molecule has 0 bridgehead atoms. The first-order chi connectivity index (χ1) is 9.66. The van der Waals surface area contributed by atoms with Gasteiger partial charge in [-0.3, -0.25) is 4.79 Å². The molecule has 2 aromatic rings. The number of anilines is 1. The van der Waals surface area contributed by atoms with Crippen molar-refractivity contribution in [3.05, 3.63) is 50.6 Å². The van der Waals surface area contributed by atoms with Gasteiger partial charge in [-0.25, -0.2) is 0 Å². The Hall–Kier alpha value is -1.33. The molecule has 1 aromatic heterocycles. The average Bonchev–Trinajstić information content (AvgIpc) is 3.19. The molecule has 104 valence electrons. The van der Waals surface area contributed by atoms with E-state index in [2.05, 4.69) is 15.9 Å². The minimum atomic E-state index is 0.0516. The summed E-state index contributed by atoms with van der Waals surface area (Å²) in [4.78, 5) is 15.3. The predicted octanol–water partition coefficient (Wildman–Crippen LogP) is 3.90. The highest BCUT2D eigenvalue weighted by atomic mass is 79.9. The lowest BCUT2D eigenvalue weighted by Crippen LogP contribution is -2.32. The van der Waals surface area contributed by atoms with E-state index in [0.29, 0.717) is 23.2 Å². The summed E-state index contributed by atoms with van der Waals surface area (Å²) in [5.41, 5.74) is 7.59. The number of thiophene rings is 1. The second-order valence-electron chi connectivity index (χ2n) is 4.96. The van der Waals surface area contributed by atoms with Gasteiger partial charge in [-0.05, 0) is 35.9 Å². The molecule has 1 heterocycles. The van der Waals surface area contributed by atoms with Gasteiger partial charge in [0.05, 0.1) is 5.69 Å². The van der Waals surface area contributed by atoms with Gasteiger partial charge in [0.2, 0.25) is 0 Å². The first-order valence-electron chi connectivity index (χ1n) is 6.54. The molecule has 0 atom stereocenters. The summed E-state index contributed by atoms with van der Waals surface area (Å²) in [6.45, 7) is 0.627. The van der Waals surface area contributed by atoms with Gasteiger partial charge in [0, 0.05) is 17.1 Å². The molecule has 0 aliphatic heterocycles. The zero-order valence-corrected chi connectivity index (χ0v) is 13.3. The second-order valence-corrected chi connectivity index (χ2v) is 6.73. The van der Waals surface area contributed by atoms with E-state index in [4.69, 9.17) is 5.73 Å². The lowest BCUT2D eigenvalue weighted by Gasteiger charge is -2.23. The number of nitrogens with two attached hydrogens (primary N) is 1. The van der Waals surface area contributed by atoms with E-state index >= 15 is 0 Å². The zero-order chi connectivity index (χ0) is 14.1. The van der Waals surface area contributed by atoms with Crippen molar-refractivity contribution in [1.82, 2.24) is 4.90 Å². The van der Waals surface area contributed by atoms with Crippen LogP contribution in [0.1, 0.15) is 28.1 Å². The number of rotatable bonds is 4. The Bertz CT molecular complexity index is 636. The number of hydrogen-bond donors (Lipinski definition) is 1. The number of benzene rings is 1. The van der Waals surface area contributed by atoms with Crippen LogP contribution in [-0.2, 0) is 6.54 Å². The van der Waals surface area contributed by atoms with Crippen LogP contribution in [0.2, 0.25) is 0 Å². The summed E-state index contributed by atoms with van der Waals surface area (Å²) in [6.07, 6.45) is 2.17.